The topological polar surface area (TPSA) is 15.7 Å². The van der Waals surface area contributed by atoms with Crippen LogP contribution in [0.5, 0.6) is 5.75 Å². The van der Waals surface area contributed by atoms with E-state index in [1.807, 2.05) is 0 Å². The molecule has 6 aromatic carbocycles. The van der Waals surface area contributed by atoms with Crippen molar-refractivity contribution in [1.82, 2.24) is 4.90 Å². The van der Waals surface area contributed by atoms with Gasteiger partial charge in [0.1, 0.15) is 5.75 Å². The Labute approximate surface area is 342 Å². The molecular formula is C49H43AgClN2O-. The number of rotatable bonds is 9. The number of halogens is 1. The molecule has 8 rings (SSSR count). The van der Waals surface area contributed by atoms with Crippen molar-refractivity contribution in [3.05, 3.63) is 238 Å². The molecule has 0 amide bonds. The molecule has 5 heteroatoms. The van der Waals surface area contributed by atoms with Crippen LogP contribution in [0.25, 0.3) is 5.70 Å². The third kappa shape index (κ3) is 7.51. The molecule has 0 radical (unpaired) electrons. The van der Waals surface area contributed by atoms with Crippen LogP contribution in [0.15, 0.2) is 176 Å². The second kappa shape index (κ2) is 17.0. The van der Waals surface area contributed by atoms with Crippen LogP contribution in [0.3, 0.4) is 0 Å². The summed E-state index contributed by atoms with van der Waals surface area (Å²) in [6.45, 7) is 8.89. The van der Waals surface area contributed by atoms with Crippen molar-refractivity contribution in [1.29, 1.82) is 0 Å². The molecule has 0 fully saturated rings. The number of hydrogen-bond acceptors (Lipinski definition) is 3. The number of nitrogens with zero attached hydrogens (tertiary/aromatic N) is 2. The summed E-state index contributed by atoms with van der Waals surface area (Å²) in [5.74, 6) is 0.712. The summed E-state index contributed by atoms with van der Waals surface area (Å²) in [5.41, 5.74) is 15.8. The minimum absolute atomic E-state index is 0. The molecule has 0 N–H and O–H groups in total. The molecule has 0 spiro atoms. The third-order valence-electron chi connectivity index (χ3n) is 10.3. The second-order valence-corrected chi connectivity index (χ2v) is 13.8. The minimum Gasteiger partial charge on any atom is -1.00 e. The Hall–Kier alpha value is -5.03. The Morgan fingerprint density at radius 1 is 0.593 bits per heavy atom. The van der Waals surface area contributed by atoms with Crippen molar-refractivity contribution in [2.24, 2.45) is 0 Å². The summed E-state index contributed by atoms with van der Waals surface area (Å²) in [6.07, 6.45) is 8.92. The van der Waals surface area contributed by atoms with Crippen LogP contribution in [0.4, 0.5) is 5.69 Å². The van der Waals surface area contributed by atoms with Crippen molar-refractivity contribution < 1.29 is 39.5 Å². The summed E-state index contributed by atoms with van der Waals surface area (Å²) in [6, 6.07) is 52.5. The van der Waals surface area contributed by atoms with Gasteiger partial charge in [-0.2, -0.15) is 0 Å². The zero-order valence-corrected chi connectivity index (χ0v) is 33.1. The molecule has 3 nitrogen and oxygen atoms in total. The maximum absolute atomic E-state index is 6.19. The van der Waals surface area contributed by atoms with E-state index in [4.69, 9.17) is 4.74 Å². The molecule has 2 aliphatic rings. The number of aryl methyl sites for hydroxylation is 3. The smallest absolute Gasteiger partial charge is 1.00 e. The first kappa shape index (κ1) is 38.7. The summed E-state index contributed by atoms with van der Waals surface area (Å²) >= 11 is 0. The van der Waals surface area contributed by atoms with Crippen LogP contribution >= 0.6 is 0 Å². The number of anilines is 1. The van der Waals surface area contributed by atoms with E-state index < -0.39 is 0 Å². The SMILES string of the molecule is COc1cc(C(c2ccccc2)c2ccccc2)c(N2C=C3C=CC=C(c4c(C)cc(C)cc4C)N3[CH-]2)c(C(c2ccccc2)c2ccccc2)c1.[Ag+].[Cl-]. The normalized spacial score (nSPS) is 13.2. The molecule has 0 saturated carbocycles. The Bertz CT molecular complexity index is 2100. The van der Waals surface area contributed by atoms with E-state index in [1.165, 1.54) is 61.3 Å². The summed E-state index contributed by atoms with van der Waals surface area (Å²) < 4.78 is 6.19. The van der Waals surface area contributed by atoms with Gasteiger partial charge in [-0.05, 0) is 95.8 Å². The Morgan fingerprint density at radius 2 is 1.02 bits per heavy atom. The number of hydrogen-bond donors (Lipinski definition) is 0. The molecule has 0 atom stereocenters. The van der Waals surface area contributed by atoms with E-state index in [-0.39, 0.29) is 46.6 Å². The molecule has 0 bridgehead atoms. The van der Waals surface area contributed by atoms with Gasteiger partial charge in [-0.3, -0.25) is 0 Å². The first-order chi connectivity index (χ1) is 25.5. The molecule has 0 aliphatic carbocycles. The van der Waals surface area contributed by atoms with Gasteiger partial charge in [0.15, 0.2) is 0 Å². The fourth-order valence-electron chi connectivity index (χ4n) is 8.17. The minimum atomic E-state index is -0.0602. The molecule has 0 saturated heterocycles. The fourth-order valence-corrected chi connectivity index (χ4v) is 8.17. The largest absolute Gasteiger partial charge is 1.00 e. The maximum Gasteiger partial charge on any atom is 1.00 e. The second-order valence-electron chi connectivity index (χ2n) is 13.8. The Kier molecular flexibility index (Phi) is 12.2. The maximum atomic E-state index is 6.19. The summed E-state index contributed by atoms with van der Waals surface area (Å²) in [5, 5.41) is 0. The van der Waals surface area contributed by atoms with E-state index in [0.29, 0.717) is 0 Å². The van der Waals surface area contributed by atoms with Gasteiger partial charge in [-0.1, -0.05) is 145 Å². The zero-order valence-electron chi connectivity index (χ0n) is 30.9. The van der Waals surface area contributed by atoms with Gasteiger partial charge in [0.2, 0.25) is 0 Å². The van der Waals surface area contributed by atoms with Crippen molar-refractivity contribution in [2.75, 3.05) is 12.0 Å². The molecule has 6 aromatic rings. The van der Waals surface area contributed by atoms with Gasteiger partial charge < -0.3 is 26.9 Å². The van der Waals surface area contributed by atoms with Gasteiger partial charge in [0.05, 0.1) is 7.11 Å². The van der Waals surface area contributed by atoms with E-state index in [2.05, 4.69) is 207 Å². The summed E-state index contributed by atoms with van der Waals surface area (Å²) in [4.78, 5) is 4.71. The van der Waals surface area contributed by atoms with Crippen molar-refractivity contribution in [3.8, 4) is 5.75 Å². The molecule has 2 heterocycles. The molecular weight excluding hydrogens is 776 g/mol. The quantitative estimate of drug-likeness (QED) is 0.0826. The van der Waals surface area contributed by atoms with Crippen LogP contribution < -0.4 is 22.0 Å². The number of benzene rings is 6. The number of fused-ring (bicyclic) bond motifs is 1. The predicted octanol–water partition coefficient (Wildman–Crippen LogP) is 8.68. The van der Waals surface area contributed by atoms with Crippen molar-refractivity contribution in [2.45, 2.75) is 32.6 Å². The van der Waals surface area contributed by atoms with Crippen LogP contribution in [0, 0.1) is 27.4 Å². The van der Waals surface area contributed by atoms with Crippen LogP contribution in [-0.4, -0.2) is 12.0 Å². The van der Waals surface area contributed by atoms with E-state index >= 15 is 0 Å². The van der Waals surface area contributed by atoms with Gasteiger partial charge in [0, 0.05) is 34.5 Å². The Balaban J connectivity index is 0.00000249. The van der Waals surface area contributed by atoms with Gasteiger partial charge >= 0.3 is 22.4 Å². The number of allylic oxidation sites excluding steroid dienone is 3. The molecule has 274 valence electrons. The molecule has 0 unspecified atom stereocenters. The van der Waals surface area contributed by atoms with Crippen LogP contribution in [-0.2, 0) is 22.4 Å². The number of ether oxygens (including phenoxy) is 1. The molecule has 54 heavy (non-hydrogen) atoms. The van der Waals surface area contributed by atoms with Gasteiger partial charge in [-0.25, -0.2) is 0 Å². The molecule has 0 aromatic heterocycles. The van der Waals surface area contributed by atoms with Crippen LogP contribution in [0.1, 0.15) is 67.5 Å². The van der Waals surface area contributed by atoms with Crippen molar-refractivity contribution >= 4 is 11.4 Å². The zero-order chi connectivity index (χ0) is 35.6. The van der Waals surface area contributed by atoms with Gasteiger partial charge in [-0.15, -0.1) is 6.67 Å². The number of methoxy groups -OCH3 is 1. The van der Waals surface area contributed by atoms with Crippen molar-refractivity contribution in [3.63, 3.8) is 0 Å². The van der Waals surface area contributed by atoms with E-state index in [9.17, 15) is 0 Å². The van der Waals surface area contributed by atoms with E-state index in [0.717, 1.165) is 17.1 Å². The van der Waals surface area contributed by atoms with E-state index in [1.54, 1.807) is 7.11 Å². The summed E-state index contributed by atoms with van der Waals surface area (Å²) in [7, 11) is 1.78. The molecule has 2 aliphatic heterocycles. The third-order valence-corrected chi connectivity index (χ3v) is 10.3. The predicted molar refractivity (Wildman–Crippen MR) is 215 cm³/mol. The standard InChI is InChI=1S/C49H43N2O.Ag.ClH/c1-34-28-35(2)46(36(3)29-34)45-27-17-26-41-32-50(33-51(41)45)49-43(47(37-18-9-5-10-19-37)38-20-11-6-12-21-38)30-42(52-4)31-44(49)48(39-22-13-7-14-23-39)40-24-15-8-16-25-40;;/h5-33,47-48H,1-4H3;;1H/q-1;+1;/p-1. The first-order valence-corrected chi connectivity index (χ1v) is 18.0. The Morgan fingerprint density at radius 3 is 1.43 bits per heavy atom. The van der Waals surface area contributed by atoms with Crippen LogP contribution in [0.2, 0.25) is 0 Å². The fraction of sp³-hybridized carbons (Fsp3) is 0.122. The average molecular weight is 819 g/mol. The van der Waals surface area contributed by atoms with Gasteiger partial charge in [0.25, 0.3) is 0 Å². The monoisotopic (exact) mass is 817 g/mol. The first-order valence-electron chi connectivity index (χ1n) is 18.0. The average Bonchev–Trinajstić information content (AvgIpc) is 3.61.